The normalized spacial score (nSPS) is 15.8. The van der Waals surface area contributed by atoms with Gasteiger partial charge in [-0.2, -0.15) is 0 Å². The fourth-order valence-electron chi connectivity index (χ4n) is 2.49. The van der Waals surface area contributed by atoms with Gasteiger partial charge in [0.1, 0.15) is 11.2 Å². The lowest BCUT2D eigenvalue weighted by Crippen LogP contribution is -2.51. The van der Waals surface area contributed by atoms with Crippen molar-refractivity contribution in [3.8, 4) is 0 Å². The summed E-state index contributed by atoms with van der Waals surface area (Å²) in [6.45, 7) is 11.6. The number of rotatable bonds is 2. The third-order valence-electron chi connectivity index (χ3n) is 3.50. The quantitative estimate of drug-likeness (QED) is 0.864. The highest BCUT2D eigenvalue weighted by atomic mass is 16.6. The highest BCUT2D eigenvalue weighted by Gasteiger charge is 2.41. The molecule has 0 aromatic heterocycles. The second-order valence-electron chi connectivity index (χ2n) is 8.23. The van der Waals surface area contributed by atoms with Crippen LogP contribution in [-0.4, -0.2) is 52.6 Å². The van der Waals surface area contributed by atoms with Gasteiger partial charge in [0.2, 0.25) is 0 Å². The van der Waals surface area contributed by atoms with E-state index in [1.807, 2.05) is 71.9 Å². The number of para-hydroxylation sites is 1. The van der Waals surface area contributed by atoms with Crippen LogP contribution in [-0.2, 0) is 9.47 Å². The van der Waals surface area contributed by atoms with Crippen LogP contribution in [0.25, 0.3) is 0 Å². The van der Waals surface area contributed by atoms with Gasteiger partial charge in [0, 0.05) is 18.8 Å². The molecule has 1 aromatic rings. The van der Waals surface area contributed by atoms with Crippen molar-refractivity contribution in [2.75, 3.05) is 18.4 Å². The number of amides is 2. The first kappa shape index (κ1) is 19.9. The van der Waals surface area contributed by atoms with Gasteiger partial charge in [-0.1, -0.05) is 18.2 Å². The van der Waals surface area contributed by atoms with E-state index in [4.69, 9.17) is 9.47 Å². The molecule has 1 saturated heterocycles. The minimum absolute atomic E-state index is 0.360. The molecule has 0 atom stereocenters. The van der Waals surface area contributed by atoms with Crippen molar-refractivity contribution >= 4 is 17.9 Å². The van der Waals surface area contributed by atoms with Crippen LogP contribution in [0.1, 0.15) is 41.5 Å². The fourth-order valence-corrected chi connectivity index (χ4v) is 2.49. The molecule has 0 radical (unpaired) electrons. The molecule has 1 heterocycles. The number of hydrogen-bond donors (Lipinski definition) is 1. The average Bonchev–Trinajstić information content (AvgIpc) is 2.88. The van der Waals surface area contributed by atoms with Gasteiger partial charge in [0.25, 0.3) is 0 Å². The zero-order chi connectivity index (χ0) is 19.5. The molecule has 2 amide bonds. The molecule has 0 spiro atoms. The molecule has 1 aromatic carbocycles. The molecule has 0 bridgehead atoms. The van der Waals surface area contributed by atoms with Crippen LogP contribution in [0.2, 0.25) is 0 Å². The summed E-state index contributed by atoms with van der Waals surface area (Å²) in [7, 11) is 0. The van der Waals surface area contributed by atoms with E-state index in [0.29, 0.717) is 13.1 Å². The van der Waals surface area contributed by atoms with Crippen LogP contribution in [0, 0.1) is 0 Å². The average molecular weight is 363 g/mol. The van der Waals surface area contributed by atoms with E-state index in [-0.39, 0.29) is 0 Å². The van der Waals surface area contributed by atoms with E-state index in [1.165, 1.54) is 9.80 Å². The van der Waals surface area contributed by atoms with Crippen molar-refractivity contribution in [1.82, 2.24) is 9.80 Å². The van der Waals surface area contributed by atoms with Gasteiger partial charge in [-0.15, -0.1) is 0 Å². The summed E-state index contributed by atoms with van der Waals surface area (Å²) in [5.74, 6) is 0. The van der Waals surface area contributed by atoms with Gasteiger partial charge in [0.15, 0.2) is 6.29 Å². The van der Waals surface area contributed by atoms with Gasteiger partial charge in [0.05, 0.1) is 0 Å². The van der Waals surface area contributed by atoms with E-state index in [2.05, 4.69) is 5.32 Å². The number of hydrogen-bond acceptors (Lipinski definition) is 5. The van der Waals surface area contributed by atoms with Crippen molar-refractivity contribution in [1.29, 1.82) is 0 Å². The Kier molecular flexibility index (Phi) is 5.68. The van der Waals surface area contributed by atoms with E-state index < -0.39 is 29.7 Å². The van der Waals surface area contributed by atoms with Crippen molar-refractivity contribution in [2.45, 2.75) is 59.0 Å². The zero-order valence-electron chi connectivity index (χ0n) is 16.4. The number of carbonyl (C=O) groups is 2. The number of ether oxygens (including phenoxy) is 2. The van der Waals surface area contributed by atoms with Gasteiger partial charge in [-0.25, -0.2) is 9.59 Å². The molecule has 1 fully saturated rings. The zero-order valence-corrected chi connectivity index (χ0v) is 16.4. The second kappa shape index (κ2) is 7.43. The smallest absolute Gasteiger partial charge is 0.413 e. The molecular weight excluding hydrogens is 334 g/mol. The lowest BCUT2D eigenvalue weighted by molar-refractivity contribution is 0.00489. The number of anilines is 1. The van der Waals surface area contributed by atoms with E-state index in [9.17, 15) is 9.59 Å². The van der Waals surface area contributed by atoms with Crippen LogP contribution >= 0.6 is 0 Å². The molecule has 144 valence electrons. The highest BCUT2D eigenvalue weighted by molar-refractivity contribution is 5.74. The van der Waals surface area contributed by atoms with E-state index in [1.54, 1.807) is 0 Å². The number of nitrogens with one attached hydrogen (secondary N) is 1. The Labute approximate surface area is 155 Å². The monoisotopic (exact) mass is 363 g/mol. The van der Waals surface area contributed by atoms with Gasteiger partial charge in [-0.05, 0) is 53.7 Å². The standard InChI is InChI=1S/C19H29N3O4/c1-18(2,3)25-16(23)21-12-13-22(17(24)26-19(4,5)6)15(21)20-14-10-8-7-9-11-14/h7-11,15,20H,12-13H2,1-6H3. The molecule has 2 rings (SSSR count). The van der Waals surface area contributed by atoms with E-state index in [0.717, 1.165) is 5.69 Å². The Morgan fingerprint density at radius 1 is 0.885 bits per heavy atom. The lowest BCUT2D eigenvalue weighted by Gasteiger charge is -2.33. The summed E-state index contributed by atoms with van der Waals surface area (Å²) in [6, 6.07) is 9.41. The molecule has 7 nitrogen and oxygen atoms in total. The Hall–Kier alpha value is -2.44. The number of benzene rings is 1. The second-order valence-corrected chi connectivity index (χ2v) is 8.23. The third-order valence-corrected chi connectivity index (χ3v) is 3.50. The third kappa shape index (κ3) is 5.54. The summed E-state index contributed by atoms with van der Waals surface area (Å²) < 4.78 is 11.0. The molecule has 1 N–H and O–H groups in total. The first-order chi connectivity index (χ1) is 12.0. The van der Waals surface area contributed by atoms with Crippen LogP contribution < -0.4 is 5.32 Å². The molecule has 0 aliphatic carbocycles. The van der Waals surface area contributed by atoms with Crippen LogP contribution in [0.3, 0.4) is 0 Å². The Balaban J connectivity index is 2.22. The summed E-state index contributed by atoms with van der Waals surface area (Å²) in [4.78, 5) is 28.2. The number of carbonyl (C=O) groups excluding carboxylic acids is 2. The van der Waals surface area contributed by atoms with E-state index >= 15 is 0 Å². The Morgan fingerprint density at radius 3 is 1.69 bits per heavy atom. The maximum atomic E-state index is 12.6. The molecule has 0 unspecified atom stereocenters. The number of nitrogens with zero attached hydrogens (tertiary/aromatic N) is 2. The fraction of sp³-hybridized carbons (Fsp3) is 0.579. The minimum atomic E-state index is -0.679. The minimum Gasteiger partial charge on any atom is -0.444 e. The summed E-state index contributed by atoms with van der Waals surface area (Å²) in [6.07, 6.45) is -1.63. The maximum absolute atomic E-state index is 12.6. The predicted octanol–water partition coefficient (Wildman–Crippen LogP) is 3.87. The first-order valence-corrected chi connectivity index (χ1v) is 8.77. The van der Waals surface area contributed by atoms with Gasteiger partial charge >= 0.3 is 12.2 Å². The predicted molar refractivity (Wildman–Crippen MR) is 99.7 cm³/mol. The molecule has 0 saturated carbocycles. The largest absolute Gasteiger partial charge is 0.444 e. The Morgan fingerprint density at radius 2 is 1.31 bits per heavy atom. The van der Waals surface area contributed by atoms with Crippen molar-refractivity contribution in [2.24, 2.45) is 0 Å². The van der Waals surface area contributed by atoms with Gasteiger partial charge < -0.3 is 14.8 Å². The van der Waals surface area contributed by atoms with Crippen molar-refractivity contribution in [3.05, 3.63) is 30.3 Å². The summed E-state index contributed by atoms with van der Waals surface area (Å²) in [5, 5.41) is 3.22. The Bertz CT molecular complexity index is 598. The van der Waals surface area contributed by atoms with Crippen LogP contribution in [0.5, 0.6) is 0 Å². The van der Waals surface area contributed by atoms with Crippen molar-refractivity contribution in [3.63, 3.8) is 0 Å². The topological polar surface area (TPSA) is 71.1 Å². The SMILES string of the molecule is CC(C)(C)OC(=O)N1CCN(C(=O)OC(C)(C)C)C1Nc1ccccc1. The van der Waals surface area contributed by atoms with Crippen LogP contribution in [0.4, 0.5) is 15.3 Å². The maximum Gasteiger partial charge on any atom is 0.413 e. The summed E-state index contributed by atoms with van der Waals surface area (Å²) in [5.41, 5.74) is -0.442. The van der Waals surface area contributed by atoms with Crippen LogP contribution in [0.15, 0.2) is 30.3 Å². The molecule has 1 aliphatic heterocycles. The molecule has 26 heavy (non-hydrogen) atoms. The lowest BCUT2D eigenvalue weighted by atomic mass is 10.2. The summed E-state index contributed by atoms with van der Waals surface area (Å²) >= 11 is 0. The molecule has 7 heteroatoms. The van der Waals surface area contributed by atoms with Gasteiger partial charge in [-0.3, -0.25) is 9.80 Å². The molecular formula is C19H29N3O4. The van der Waals surface area contributed by atoms with Crippen molar-refractivity contribution < 1.29 is 19.1 Å². The highest BCUT2D eigenvalue weighted by Crippen LogP contribution is 2.23. The molecule has 1 aliphatic rings. The first-order valence-electron chi connectivity index (χ1n) is 8.77.